The minimum absolute atomic E-state index is 0.102. The minimum Gasteiger partial charge on any atom is -0.345 e. The van der Waals surface area contributed by atoms with E-state index in [2.05, 4.69) is 15.3 Å². The maximum absolute atomic E-state index is 13.1. The first-order valence-corrected chi connectivity index (χ1v) is 9.09. The van der Waals surface area contributed by atoms with Gasteiger partial charge in [0.25, 0.3) is 5.91 Å². The number of benzene rings is 1. The van der Waals surface area contributed by atoms with Crippen LogP contribution >= 0.6 is 0 Å². The third kappa shape index (κ3) is 3.62. The highest BCUT2D eigenvalue weighted by Gasteiger charge is 2.15. The van der Waals surface area contributed by atoms with E-state index in [1.165, 1.54) is 12.1 Å². The summed E-state index contributed by atoms with van der Waals surface area (Å²) in [5, 5.41) is 3.05. The van der Waals surface area contributed by atoms with E-state index >= 15 is 0 Å². The lowest BCUT2D eigenvalue weighted by Crippen LogP contribution is -2.28. The van der Waals surface area contributed by atoms with Gasteiger partial charge in [-0.15, -0.1) is 0 Å². The molecule has 4 aromatic rings. The van der Waals surface area contributed by atoms with Crippen molar-refractivity contribution in [1.29, 1.82) is 0 Å². The molecule has 0 fully saturated rings. The number of imidazole rings is 1. The monoisotopic (exact) mass is 374 g/mol. The van der Waals surface area contributed by atoms with Crippen molar-refractivity contribution < 1.29 is 9.18 Å². The molecular formula is C22H19FN4O. The lowest BCUT2D eigenvalue weighted by atomic mass is 10.1. The van der Waals surface area contributed by atoms with Crippen molar-refractivity contribution in [3.05, 3.63) is 90.3 Å². The molecule has 0 saturated heterocycles. The van der Waals surface area contributed by atoms with Gasteiger partial charge >= 0.3 is 0 Å². The average Bonchev–Trinajstić information content (AvgIpc) is 3.16. The van der Waals surface area contributed by atoms with Gasteiger partial charge in [-0.3, -0.25) is 9.78 Å². The summed E-state index contributed by atoms with van der Waals surface area (Å²) in [4.78, 5) is 21.4. The molecule has 4 rings (SSSR count). The number of aromatic nitrogens is 3. The van der Waals surface area contributed by atoms with E-state index in [1.807, 2.05) is 25.3 Å². The molecule has 0 radical (unpaired) electrons. The Morgan fingerprint density at radius 3 is 2.68 bits per heavy atom. The summed E-state index contributed by atoms with van der Waals surface area (Å²) in [6.45, 7) is 2.02. The van der Waals surface area contributed by atoms with E-state index in [0.29, 0.717) is 5.56 Å². The maximum Gasteiger partial charge on any atom is 0.253 e. The molecular weight excluding hydrogens is 355 g/mol. The molecule has 3 heterocycles. The standard InChI is InChI=1S/C22H19FN4O/c1-2-19(16-4-3-11-24-12-16)26-22(28)17-7-10-21-25-20(14-27(21)13-17)15-5-8-18(23)9-6-15/h3-14,19H,2H2,1H3,(H,26,28)/t19-/m0/s1. The molecule has 5 nitrogen and oxygen atoms in total. The second-order valence-corrected chi connectivity index (χ2v) is 6.54. The lowest BCUT2D eigenvalue weighted by Gasteiger charge is -2.17. The molecule has 0 aliphatic rings. The third-order valence-corrected chi connectivity index (χ3v) is 4.65. The van der Waals surface area contributed by atoms with E-state index in [-0.39, 0.29) is 17.8 Å². The van der Waals surface area contributed by atoms with Crippen molar-refractivity contribution in [1.82, 2.24) is 19.7 Å². The van der Waals surface area contributed by atoms with E-state index in [0.717, 1.165) is 28.9 Å². The van der Waals surface area contributed by atoms with Crippen molar-refractivity contribution >= 4 is 11.6 Å². The Labute approximate surface area is 161 Å². The predicted molar refractivity (Wildman–Crippen MR) is 105 cm³/mol. The SMILES string of the molecule is CC[C@H](NC(=O)c1ccc2nc(-c3ccc(F)cc3)cn2c1)c1cccnc1. The zero-order chi connectivity index (χ0) is 19.5. The predicted octanol–water partition coefficient (Wildman–Crippen LogP) is 4.42. The van der Waals surface area contributed by atoms with E-state index < -0.39 is 0 Å². The van der Waals surface area contributed by atoms with Crippen molar-refractivity contribution in [3.8, 4) is 11.3 Å². The highest BCUT2D eigenvalue weighted by molar-refractivity contribution is 5.94. The summed E-state index contributed by atoms with van der Waals surface area (Å²) in [6, 6.07) is 13.4. The zero-order valence-electron chi connectivity index (χ0n) is 15.3. The van der Waals surface area contributed by atoms with Crippen LogP contribution < -0.4 is 5.32 Å². The smallest absolute Gasteiger partial charge is 0.253 e. The number of nitrogens with zero attached hydrogens (tertiary/aromatic N) is 3. The summed E-state index contributed by atoms with van der Waals surface area (Å²) < 4.78 is 14.9. The van der Waals surface area contributed by atoms with Crippen LogP contribution in [0.15, 0.2) is 73.3 Å². The normalized spacial score (nSPS) is 12.1. The second-order valence-electron chi connectivity index (χ2n) is 6.54. The van der Waals surface area contributed by atoms with Crippen LogP contribution in [0, 0.1) is 5.82 Å². The van der Waals surface area contributed by atoms with Gasteiger partial charge in [0.2, 0.25) is 0 Å². The first kappa shape index (κ1) is 17.9. The molecule has 1 N–H and O–H groups in total. The molecule has 0 bridgehead atoms. The van der Waals surface area contributed by atoms with Gasteiger partial charge < -0.3 is 9.72 Å². The molecule has 28 heavy (non-hydrogen) atoms. The molecule has 140 valence electrons. The first-order chi connectivity index (χ1) is 13.6. The Hall–Kier alpha value is -3.54. The topological polar surface area (TPSA) is 59.3 Å². The van der Waals surface area contributed by atoms with Gasteiger partial charge in [0.15, 0.2) is 0 Å². The maximum atomic E-state index is 13.1. The second kappa shape index (κ2) is 7.60. The molecule has 0 spiro atoms. The number of amides is 1. The minimum atomic E-state index is -0.287. The van der Waals surface area contributed by atoms with Crippen LogP contribution in [0.2, 0.25) is 0 Å². The number of halogens is 1. The molecule has 0 aliphatic heterocycles. The average molecular weight is 374 g/mol. The largest absolute Gasteiger partial charge is 0.345 e. The molecule has 6 heteroatoms. The highest BCUT2D eigenvalue weighted by atomic mass is 19.1. The fourth-order valence-corrected chi connectivity index (χ4v) is 3.13. The van der Waals surface area contributed by atoms with Crippen LogP contribution in [-0.2, 0) is 0 Å². The van der Waals surface area contributed by atoms with Crippen LogP contribution in [0.3, 0.4) is 0 Å². The van der Waals surface area contributed by atoms with Crippen LogP contribution in [0.1, 0.15) is 35.3 Å². The van der Waals surface area contributed by atoms with Crippen molar-refractivity contribution in [3.63, 3.8) is 0 Å². The van der Waals surface area contributed by atoms with E-state index in [4.69, 9.17) is 0 Å². The summed E-state index contributed by atoms with van der Waals surface area (Å²) in [7, 11) is 0. The molecule has 1 atom stereocenters. The molecule has 1 amide bonds. The van der Waals surface area contributed by atoms with Gasteiger partial charge in [-0.2, -0.15) is 0 Å². The van der Waals surface area contributed by atoms with Gasteiger partial charge in [0.1, 0.15) is 11.5 Å². The fraction of sp³-hybridized carbons (Fsp3) is 0.136. The highest BCUT2D eigenvalue weighted by Crippen LogP contribution is 2.21. The Kier molecular flexibility index (Phi) is 4.85. The van der Waals surface area contributed by atoms with Crippen molar-refractivity contribution in [2.45, 2.75) is 19.4 Å². The van der Waals surface area contributed by atoms with Gasteiger partial charge in [0, 0.05) is 30.4 Å². The van der Waals surface area contributed by atoms with Gasteiger partial charge in [-0.05, 0) is 54.4 Å². The number of fused-ring (bicyclic) bond motifs is 1. The number of nitrogens with one attached hydrogen (secondary N) is 1. The number of carbonyl (C=O) groups is 1. The van der Waals surface area contributed by atoms with Gasteiger partial charge in [-0.25, -0.2) is 9.37 Å². The van der Waals surface area contributed by atoms with E-state index in [9.17, 15) is 9.18 Å². The number of pyridine rings is 2. The number of rotatable bonds is 5. The molecule has 0 unspecified atom stereocenters. The Bertz CT molecular complexity index is 1110. The van der Waals surface area contributed by atoms with Crippen molar-refractivity contribution in [2.75, 3.05) is 0 Å². The molecule has 0 aliphatic carbocycles. The summed E-state index contributed by atoms with van der Waals surface area (Å²) in [5.41, 5.74) is 3.77. The van der Waals surface area contributed by atoms with Crippen LogP contribution in [-0.4, -0.2) is 20.3 Å². The first-order valence-electron chi connectivity index (χ1n) is 9.09. The van der Waals surface area contributed by atoms with Crippen molar-refractivity contribution in [2.24, 2.45) is 0 Å². The third-order valence-electron chi connectivity index (χ3n) is 4.65. The lowest BCUT2D eigenvalue weighted by molar-refractivity contribution is 0.0935. The van der Waals surface area contributed by atoms with E-state index in [1.54, 1.807) is 47.3 Å². The molecule has 3 aromatic heterocycles. The Morgan fingerprint density at radius 2 is 1.96 bits per heavy atom. The number of hydrogen-bond acceptors (Lipinski definition) is 3. The molecule has 0 saturated carbocycles. The van der Waals surface area contributed by atoms with Gasteiger partial charge in [-0.1, -0.05) is 13.0 Å². The van der Waals surface area contributed by atoms with Crippen LogP contribution in [0.4, 0.5) is 4.39 Å². The quantitative estimate of drug-likeness (QED) is 0.563. The van der Waals surface area contributed by atoms with Crippen LogP contribution in [0.5, 0.6) is 0 Å². The number of hydrogen-bond donors (Lipinski definition) is 1. The zero-order valence-corrected chi connectivity index (χ0v) is 15.3. The van der Waals surface area contributed by atoms with Crippen LogP contribution in [0.25, 0.3) is 16.9 Å². The summed E-state index contributed by atoms with van der Waals surface area (Å²) >= 11 is 0. The Morgan fingerprint density at radius 1 is 1.14 bits per heavy atom. The summed E-state index contributed by atoms with van der Waals surface area (Å²) in [5.74, 6) is -0.444. The summed E-state index contributed by atoms with van der Waals surface area (Å²) in [6.07, 6.45) is 7.82. The fourth-order valence-electron chi connectivity index (χ4n) is 3.13. The molecule has 1 aromatic carbocycles. The number of carbonyl (C=O) groups excluding carboxylic acids is 1. The Balaban J connectivity index is 1.58. The van der Waals surface area contributed by atoms with Gasteiger partial charge in [0.05, 0.1) is 17.3 Å².